The third-order valence-electron chi connectivity index (χ3n) is 3.16. The van der Waals surface area contributed by atoms with E-state index in [0.717, 1.165) is 15.9 Å². The van der Waals surface area contributed by atoms with E-state index in [2.05, 4.69) is 20.9 Å². The molecule has 0 spiro atoms. The molecule has 3 nitrogen and oxygen atoms in total. The molecule has 0 aliphatic carbocycles. The van der Waals surface area contributed by atoms with Crippen LogP contribution in [-0.2, 0) is 0 Å². The zero-order valence-electron chi connectivity index (χ0n) is 11.4. The third-order valence-corrected chi connectivity index (χ3v) is 3.92. The fraction of sp³-hybridized carbons (Fsp3) is 0. The summed E-state index contributed by atoms with van der Waals surface area (Å²) in [5.74, 6) is 0.0606. The van der Waals surface area contributed by atoms with Crippen LogP contribution in [0.4, 0.5) is 5.69 Å². The zero-order valence-corrected chi connectivity index (χ0v) is 13.8. The molecule has 0 saturated heterocycles. The summed E-state index contributed by atoms with van der Waals surface area (Å²) in [5, 5.41) is 10.3. The van der Waals surface area contributed by atoms with Crippen molar-refractivity contribution in [2.24, 2.45) is 4.99 Å². The molecule has 110 valence electrons. The maximum absolute atomic E-state index is 9.83. The second-order valence-electron chi connectivity index (χ2n) is 4.67. The lowest BCUT2D eigenvalue weighted by atomic mass is 10.3. The highest BCUT2D eigenvalue weighted by molar-refractivity contribution is 9.10. The quantitative estimate of drug-likeness (QED) is 0.616. The number of aromatic hydroxyl groups is 1. The van der Waals surface area contributed by atoms with Crippen LogP contribution in [0.15, 0.2) is 70.3 Å². The number of nitrogens with zero attached hydrogens (tertiary/aromatic N) is 2. The Labute approximate surface area is 141 Å². The highest BCUT2D eigenvalue weighted by atomic mass is 79.9. The van der Waals surface area contributed by atoms with Gasteiger partial charge in [-0.1, -0.05) is 27.5 Å². The molecule has 1 aromatic heterocycles. The van der Waals surface area contributed by atoms with Gasteiger partial charge in [-0.15, -0.1) is 0 Å². The smallest absolute Gasteiger partial charge is 0.142 e. The zero-order chi connectivity index (χ0) is 15.5. The van der Waals surface area contributed by atoms with E-state index in [1.165, 1.54) is 6.07 Å². The molecule has 2 aromatic carbocycles. The van der Waals surface area contributed by atoms with Crippen LogP contribution in [0.5, 0.6) is 5.75 Å². The molecule has 0 unspecified atom stereocenters. The first-order chi connectivity index (χ1) is 10.6. The molecule has 22 heavy (non-hydrogen) atoms. The van der Waals surface area contributed by atoms with Crippen molar-refractivity contribution in [2.75, 3.05) is 0 Å². The number of aromatic nitrogens is 1. The van der Waals surface area contributed by atoms with Crippen molar-refractivity contribution in [2.45, 2.75) is 0 Å². The average molecular weight is 376 g/mol. The van der Waals surface area contributed by atoms with E-state index in [9.17, 15) is 5.11 Å². The van der Waals surface area contributed by atoms with Gasteiger partial charge in [0.15, 0.2) is 0 Å². The molecule has 0 radical (unpaired) electrons. The summed E-state index contributed by atoms with van der Waals surface area (Å²) in [4.78, 5) is 4.33. The first-order valence-corrected chi connectivity index (χ1v) is 7.76. The van der Waals surface area contributed by atoms with Crippen LogP contribution in [0.2, 0.25) is 5.02 Å². The van der Waals surface area contributed by atoms with E-state index in [0.29, 0.717) is 10.7 Å². The van der Waals surface area contributed by atoms with Crippen molar-refractivity contribution in [3.05, 3.63) is 76.0 Å². The van der Waals surface area contributed by atoms with Crippen LogP contribution in [0, 0.1) is 0 Å². The summed E-state index contributed by atoms with van der Waals surface area (Å²) in [6, 6.07) is 16.8. The van der Waals surface area contributed by atoms with Gasteiger partial charge in [-0.3, -0.25) is 4.99 Å². The molecule has 1 N–H and O–H groups in total. The lowest BCUT2D eigenvalue weighted by molar-refractivity contribution is 0.477. The Hall–Kier alpha value is -2.04. The maximum atomic E-state index is 9.83. The number of hydrogen-bond acceptors (Lipinski definition) is 2. The minimum atomic E-state index is 0.0606. The van der Waals surface area contributed by atoms with E-state index in [1.807, 2.05) is 47.2 Å². The second-order valence-corrected chi connectivity index (χ2v) is 6.02. The molecular formula is C17H12BrClN2O. The Morgan fingerprint density at radius 1 is 1.09 bits per heavy atom. The van der Waals surface area contributed by atoms with Gasteiger partial charge in [0.25, 0.3) is 0 Å². The third kappa shape index (κ3) is 3.24. The molecule has 1 heterocycles. The van der Waals surface area contributed by atoms with E-state index < -0.39 is 0 Å². The maximum Gasteiger partial charge on any atom is 0.142 e. The van der Waals surface area contributed by atoms with E-state index in [4.69, 9.17) is 11.6 Å². The highest BCUT2D eigenvalue weighted by Gasteiger charge is 2.03. The van der Waals surface area contributed by atoms with E-state index in [-0.39, 0.29) is 5.75 Å². The lowest BCUT2D eigenvalue weighted by Gasteiger charge is -2.06. The van der Waals surface area contributed by atoms with Gasteiger partial charge in [0.05, 0.1) is 11.9 Å². The molecule has 3 aromatic rings. The summed E-state index contributed by atoms with van der Waals surface area (Å²) in [5.41, 5.74) is 2.43. The molecule has 0 atom stereocenters. The first-order valence-electron chi connectivity index (χ1n) is 6.59. The summed E-state index contributed by atoms with van der Waals surface area (Å²) < 4.78 is 3.05. The molecule has 0 bridgehead atoms. The van der Waals surface area contributed by atoms with Gasteiger partial charge in [0, 0.05) is 27.4 Å². The average Bonchev–Trinajstić information content (AvgIpc) is 2.95. The van der Waals surface area contributed by atoms with Crippen LogP contribution in [0.1, 0.15) is 5.69 Å². The fourth-order valence-corrected chi connectivity index (χ4v) is 2.51. The minimum Gasteiger partial charge on any atom is -0.506 e. The Morgan fingerprint density at radius 2 is 1.86 bits per heavy atom. The molecule has 0 fully saturated rings. The van der Waals surface area contributed by atoms with Crippen molar-refractivity contribution in [3.63, 3.8) is 0 Å². The monoisotopic (exact) mass is 374 g/mol. The molecule has 0 aliphatic rings. The first kappa shape index (κ1) is 14.9. The second kappa shape index (κ2) is 6.38. The van der Waals surface area contributed by atoms with Crippen molar-refractivity contribution >= 4 is 39.4 Å². The van der Waals surface area contributed by atoms with E-state index in [1.54, 1.807) is 18.3 Å². The van der Waals surface area contributed by atoms with Crippen molar-refractivity contribution in [1.29, 1.82) is 0 Å². The number of phenols is 1. The molecule has 0 aliphatic heterocycles. The summed E-state index contributed by atoms with van der Waals surface area (Å²) >= 11 is 9.24. The van der Waals surface area contributed by atoms with Crippen LogP contribution in [0.3, 0.4) is 0 Å². The number of hydrogen-bond donors (Lipinski definition) is 1. The Morgan fingerprint density at radius 3 is 2.59 bits per heavy atom. The minimum absolute atomic E-state index is 0.0606. The van der Waals surface area contributed by atoms with Gasteiger partial charge < -0.3 is 9.67 Å². The Kier molecular flexibility index (Phi) is 4.32. The van der Waals surface area contributed by atoms with Gasteiger partial charge in [-0.25, -0.2) is 0 Å². The largest absolute Gasteiger partial charge is 0.506 e. The summed E-state index contributed by atoms with van der Waals surface area (Å²) in [6.07, 6.45) is 3.68. The van der Waals surface area contributed by atoms with Crippen LogP contribution in [0.25, 0.3) is 5.69 Å². The number of phenolic OH excluding ortho intramolecular Hbond substituents is 1. The van der Waals surface area contributed by atoms with Crippen molar-refractivity contribution < 1.29 is 5.11 Å². The summed E-state index contributed by atoms with van der Waals surface area (Å²) in [7, 11) is 0. The number of rotatable bonds is 3. The number of aliphatic imine (C=N–C) groups is 1. The van der Waals surface area contributed by atoms with Crippen LogP contribution in [-0.4, -0.2) is 15.9 Å². The molecule has 0 saturated carbocycles. The fourth-order valence-electron chi connectivity index (χ4n) is 2.08. The standard InChI is InChI=1S/C17H12BrClN2O/c18-12-3-6-14(7-4-12)21-9-1-2-15(21)11-20-16-8-5-13(19)10-17(16)22/h1-11,22H. The molecular weight excluding hydrogens is 364 g/mol. The molecule has 5 heteroatoms. The van der Waals surface area contributed by atoms with Gasteiger partial charge in [-0.05, 0) is 48.5 Å². The van der Waals surface area contributed by atoms with Gasteiger partial charge in [-0.2, -0.15) is 0 Å². The van der Waals surface area contributed by atoms with Gasteiger partial charge in [0.2, 0.25) is 0 Å². The van der Waals surface area contributed by atoms with Gasteiger partial charge in [0.1, 0.15) is 11.4 Å². The Balaban J connectivity index is 1.92. The molecule has 0 amide bonds. The number of halogens is 2. The van der Waals surface area contributed by atoms with E-state index >= 15 is 0 Å². The highest BCUT2D eigenvalue weighted by Crippen LogP contribution is 2.29. The summed E-state index contributed by atoms with van der Waals surface area (Å²) in [6.45, 7) is 0. The Bertz CT molecular complexity index is 825. The predicted octanol–water partition coefficient (Wildman–Crippen LogP) is 5.35. The van der Waals surface area contributed by atoms with Crippen LogP contribution < -0.4 is 0 Å². The SMILES string of the molecule is Oc1cc(Cl)ccc1N=Cc1cccn1-c1ccc(Br)cc1. The lowest BCUT2D eigenvalue weighted by Crippen LogP contribution is -1.97. The number of benzene rings is 2. The normalized spacial score (nSPS) is 11.2. The van der Waals surface area contributed by atoms with Crippen molar-refractivity contribution in [3.8, 4) is 11.4 Å². The predicted molar refractivity (Wildman–Crippen MR) is 93.8 cm³/mol. The van der Waals surface area contributed by atoms with Gasteiger partial charge >= 0.3 is 0 Å². The van der Waals surface area contributed by atoms with Crippen LogP contribution >= 0.6 is 27.5 Å². The van der Waals surface area contributed by atoms with Crippen molar-refractivity contribution in [1.82, 2.24) is 4.57 Å². The molecule has 3 rings (SSSR count). The topological polar surface area (TPSA) is 37.5 Å².